The minimum absolute atomic E-state index is 0.0403. The maximum absolute atomic E-state index is 12.8. The summed E-state index contributed by atoms with van der Waals surface area (Å²) >= 11 is 6.04. The summed E-state index contributed by atoms with van der Waals surface area (Å²) in [7, 11) is -3.79. The highest BCUT2D eigenvalue weighted by Gasteiger charge is 2.36. The Morgan fingerprint density at radius 1 is 1.43 bits per heavy atom. The molecule has 2 unspecified atom stereocenters. The van der Waals surface area contributed by atoms with Crippen molar-refractivity contribution in [2.24, 2.45) is 5.92 Å². The van der Waals surface area contributed by atoms with Crippen LogP contribution in [0.15, 0.2) is 29.4 Å². The molecule has 3 heterocycles. The lowest BCUT2D eigenvalue weighted by atomic mass is 9.98. The normalized spacial score (nSPS) is 24.5. The van der Waals surface area contributed by atoms with Crippen molar-refractivity contribution < 1.29 is 13.5 Å². The first kappa shape index (κ1) is 14.8. The molecule has 0 spiro atoms. The third-order valence-electron chi connectivity index (χ3n) is 3.91. The first-order valence-corrected chi connectivity index (χ1v) is 8.54. The van der Waals surface area contributed by atoms with E-state index in [1.807, 2.05) is 6.92 Å². The summed E-state index contributed by atoms with van der Waals surface area (Å²) in [4.78, 5) is 4.07. The van der Waals surface area contributed by atoms with Crippen molar-refractivity contribution in [2.75, 3.05) is 13.1 Å². The molecular formula is C13H16ClN3O3S. The van der Waals surface area contributed by atoms with Crippen LogP contribution in [0.1, 0.15) is 13.3 Å². The van der Waals surface area contributed by atoms with E-state index in [0.29, 0.717) is 18.6 Å². The lowest BCUT2D eigenvalue weighted by Gasteiger charge is -2.33. The van der Waals surface area contributed by atoms with Gasteiger partial charge in [-0.1, -0.05) is 24.6 Å². The summed E-state index contributed by atoms with van der Waals surface area (Å²) in [6, 6.07) is 5.18. The SMILES string of the molecule is CC1CCN(S(=O)(=O)c2c(Cl)nc3ccccn23)CC1O. The van der Waals surface area contributed by atoms with Gasteiger partial charge >= 0.3 is 0 Å². The summed E-state index contributed by atoms with van der Waals surface area (Å²) in [6.07, 6.45) is 1.57. The Hall–Kier alpha value is -1.15. The lowest BCUT2D eigenvalue weighted by molar-refractivity contribution is 0.0604. The monoisotopic (exact) mass is 329 g/mol. The number of nitrogens with zero attached hydrogens (tertiary/aromatic N) is 3. The summed E-state index contributed by atoms with van der Waals surface area (Å²) in [6.45, 7) is 2.37. The van der Waals surface area contributed by atoms with Gasteiger partial charge in [0.05, 0.1) is 6.10 Å². The fourth-order valence-corrected chi connectivity index (χ4v) is 4.61. The highest BCUT2D eigenvalue weighted by Crippen LogP contribution is 2.28. The number of β-amino-alcohol motifs (C(OH)–C–C–N with tert-alkyl or cyclic N) is 1. The fraction of sp³-hybridized carbons (Fsp3) is 0.462. The summed E-state index contributed by atoms with van der Waals surface area (Å²) in [5.41, 5.74) is 0.479. The number of piperidine rings is 1. The highest BCUT2D eigenvalue weighted by atomic mass is 35.5. The molecule has 1 fully saturated rings. The molecule has 0 aromatic carbocycles. The molecule has 1 N–H and O–H groups in total. The van der Waals surface area contributed by atoms with Gasteiger partial charge in [-0.3, -0.25) is 4.40 Å². The van der Waals surface area contributed by atoms with Crippen molar-refractivity contribution >= 4 is 27.3 Å². The van der Waals surface area contributed by atoms with Crippen LogP contribution in [0.4, 0.5) is 0 Å². The minimum atomic E-state index is -3.79. The molecule has 1 aliphatic rings. The van der Waals surface area contributed by atoms with Crippen LogP contribution in [-0.4, -0.2) is 46.4 Å². The molecule has 21 heavy (non-hydrogen) atoms. The van der Waals surface area contributed by atoms with Crippen molar-refractivity contribution in [3.8, 4) is 0 Å². The number of aliphatic hydroxyl groups excluding tert-OH is 1. The van der Waals surface area contributed by atoms with Crippen LogP contribution in [0, 0.1) is 5.92 Å². The van der Waals surface area contributed by atoms with Crippen molar-refractivity contribution in [2.45, 2.75) is 24.5 Å². The quantitative estimate of drug-likeness (QED) is 0.903. The predicted molar refractivity (Wildman–Crippen MR) is 78.7 cm³/mol. The molecular weight excluding hydrogens is 314 g/mol. The second-order valence-corrected chi connectivity index (χ2v) is 7.54. The maximum atomic E-state index is 12.8. The maximum Gasteiger partial charge on any atom is 0.262 e. The highest BCUT2D eigenvalue weighted by molar-refractivity contribution is 7.89. The standard InChI is InChI=1S/C13H16ClN3O3S/c1-9-5-7-16(8-10(9)18)21(19,20)13-12(14)15-11-4-2-3-6-17(11)13/h2-4,6,9-10,18H,5,7-8H2,1H3. The summed E-state index contributed by atoms with van der Waals surface area (Å²) < 4.78 is 28.3. The number of imidazole rings is 1. The van der Waals surface area contributed by atoms with Gasteiger partial charge in [-0.15, -0.1) is 0 Å². The van der Waals surface area contributed by atoms with E-state index in [1.54, 1.807) is 24.4 Å². The van der Waals surface area contributed by atoms with Crippen molar-refractivity contribution in [1.82, 2.24) is 13.7 Å². The number of hydrogen-bond acceptors (Lipinski definition) is 4. The molecule has 0 saturated carbocycles. The molecule has 3 rings (SSSR count). The molecule has 6 nitrogen and oxygen atoms in total. The second kappa shape index (κ2) is 5.24. The van der Waals surface area contributed by atoms with Gasteiger partial charge in [0.15, 0.2) is 10.2 Å². The van der Waals surface area contributed by atoms with E-state index in [-0.39, 0.29) is 22.6 Å². The fourth-order valence-electron chi connectivity index (χ4n) is 2.54. The summed E-state index contributed by atoms with van der Waals surface area (Å²) in [5.74, 6) is 0.0918. The molecule has 8 heteroatoms. The Kier molecular flexibility index (Phi) is 3.69. The van der Waals surface area contributed by atoms with E-state index < -0.39 is 16.1 Å². The van der Waals surface area contributed by atoms with E-state index >= 15 is 0 Å². The number of sulfonamides is 1. The average Bonchev–Trinajstić information content (AvgIpc) is 2.78. The van der Waals surface area contributed by atoms with Crippen LogP contribution in [0.3, 0.4) is 0 Å². The molecule has 1 aliphatic heterocycles. The second-order valence-electron chi connectivity index (χ2n) is 5.33. The molecule has 2 aromatic rings. The summed E-state index contributed by atoms with van der Waals surface area (Å²) in [5, 5.41) is 9.84. The number of halogens is 1. The average molecular weight is 330 g/mol. The van der Waals surface area contributed by atoms with E-state index in [9.17, 15) is 13.5 Å². The van der Waals surface area contributed by atoms with Crippen LogP contribution in [-0.2, 0) is 10.0 Å². The molecule has 2 atom stereocenters. The third kappa shape index (κ3) is 2.44. The van der Waals surface area contributed by atoms with Gasteiger partial charge in [0.1, 0.15) is 5.65 Å². The van der Waals surface area contributed by atoms with Gasteiger partial charge < -0.3 is 5.11 Å². The zero-order valence-corrected chi connectivity index (χ0v) is 13.0. The van der Waals surface area contributed by atoms with Gasteiger partial charge in [-0.05, 0) is 24.5 Å². The first-order valence-electron chi connectivity index (χ1n) is 6.72. The van der Waals surface area contributed by atoms with Gasteiger partial charge in [-0.2, -0.15) is 4.31 Å². The smallest absolute Gasteiger partial charge is 0.262 e. The van der Waals surface area contributed by atoms with Crippen LogP contribution < -0.4 is 0 Å². The van der Waals surface area contributed by atoms with Gasteiger partial charge in [0, 0.05) is 19.3 Å². The molecule has 114 valence electrons. The number of hydrogen-bond donors (Lipinski definition) is 1. The van der Waals surface area contributed by atoms with Crippen molar-refractivity contribution in [3.05, 3.63) is 29.5 Å². The topological polar surface area (TPSA) is 74.9 Å². The van der Waals surface area contributed by atoms with E-state index in [4.69, 9.17) is 11.6 Å². The number of aliphatic hydroxyl groups is 1. The van der Waals surface area contributed by atoms with E-state index in [2.05, 4.69) is 4.98 Å². The molecule has 0 bridgehead atoms. The van der Waals surface area contributed by atoms with E-state index in [1.165, 1.54) is 8.71 Å². The van der Waals surface area contributed by atoms with Gasteiger partial charge in [0.25, 0.3) is 10.0 Å². The third-order valence-corrected chi connectivity index (χ3v) is 6.18. The zero-order valence-electron chi connectivity index (χ0n) is 11.5. The van der Waals surface area contributed by atoms with Crippen LogP contribution in [0.25, 0.3) is 5.65 Å². The molecule has 1 saturated heterocycles. The predicted octanol–water partition coefficient (Wildman–Crippen LogP) is 1.38. The Morgan fingerprint density at radius 3 is 2.90 bits per heavy atom. The van der Waals surface area contributed by atoms with Crippen LogP contribution in [0.2, 0.25) is 5.15 Å². The van der Waals surface area contributed by atoms with Crippen molar-refractivity contribution in [1.29, 1.82) is 0 Å². The lowest BCUT2D eigenvalue weighted by Crippen LogP contribution is -2.46. The Morgan fingerprint density at radius 2 is 2.19 bits per heavy atom. The molecule has 0 amide bonds. The zero-order chi connectivity index (χ0) is 15.2. The Bertz CT molecular complexity index is 774. The molecule has 0 radical (unpaired) electrons. The number of aromatic nitrogens is 2. The molecule has 2 aromatic heterocycles. The number of rotatable bonds is 2. The van der Waals surface area contributed by atoms with E-state index in [0.717, 1.165) is 0 Å². The first-order chi connectivity index (χ1) is 9.91. The van der Waals surface area contributed by atoms with Gasteiger partial charge in [-0.25, -0.2) is 13.4 Å². The van der Waals surface area contributed by atoms with Gasteiger partial charge in [0.2, 0.25) is 0 Å². The Labute approximate surface area is 128 Å². The molecule has 0 aliphatic carbocycles. The number of fused-ring (bicyclic) bond motifs is 1. The minimum Gasteiger partial charge on any atom is -0.391 e. The van der Waals surface area contributed by atoms with Crippen LogP contribution in [0.5, 0.6) is 0 Å². The number of pyridine rings is 1. The Balaban J connectivity index is 2.07. The van der Waals surface area contributed by atoms with Crippen LogP contribution >= 0.6 is 11.6 Å². The largest absolute Gasteiger partial charge is 0.391 e. The van der Waals surface area contributed by atoms with Crippen molar-refractivity contribution in [3.63, 3.8) is 0 Å².